The molecule has 3 rings (SSSR count). The molecule has 8 heteroatoms. The van der Waals surface area contributed by atoms with Crippen LogP contribution in [0.5, 0.6) is 0 Å². The smallest absolute Gasteiger partial charge is 0.324 e. The van der Waals surface area contributed by atoms with Crippen LogP contribution in [0.25, 0.3) is 0 Å². The number of ether oxygens (including phenoxy) is 1. The molecule has 1 fully saturated rings. The summed E-state index contributed by atoms with van der Waals surface area (Å²) < 4.78 is 18.4. The number of likely N-dealkylation sites (tertiary alicyclic amines) is 1. The summed E-state index contributed by atoms with van der Waals surface area (Å²) in [6.07, 6.45) is 6.49. The molecule has 0 aliphatic carbocycles. The number of benzene rings is 2. The molecule has 0 spiro atoms. The second-order valence-corrected chi connectivity index (χ2v) is 10.7. The number of β-lactam (4-membered cyclic amide) rings is 1. The molecule has 1 N–H and O–H groups in total. The Kier molecular flexibility index (Phi) is 10.7. The summed E-state index contributed by atoms with van der Waals surface area (Å²) in [5, 5.41) is 2.20. The van der Waals surface area contributed by atoms with Crippen LogP contribution in [-0.2, 0) is 25.5 Å². The minimum Gasteiger partial charge on any atom is -0.460 e. The number of carbonyl (C=O) groups is 3. The summed E-state index contributed by atoms with van der Waals surface area (Å²) in [7, 11) is 0. The van der Waals surface area contributed by atoms with E-state index in [0.717, 1.165) is 49.4 Å². The zero-order chi connectivity index (χ0) is 26.7. The lowest BCUT2D eigenvalue weighted by Gasteiger charge is -2.45. The first kappa shape index (κ1) is 28.4. The van der Waals surface area contributed by atoms with Gasteiger partial charge in [0.25, 0.3) is 5.91 Å². The van der Waals surface area contributed by atoms with Gasteiger partial charge >= 0.3 is 5.97 Å². The number of hydrogen-bond donors (Lipinski definition) is 1. The van der Waals surface area contributed by atoms with E-state index in [-0.39, 0.29) is 24.2 Å². The highest BCUT2D eigenvalue weighted by Gasteiger charge is 2.49. The third-order valence-corrected chi connectivity index (χ3v) is 7.95. The van der Waals surface area contributed by atoms with Crippen molar-refractivity contribution in [1.82, 2.24) is 10.2 Å². The average Bonchev–Trinajstić information content (AvgIpc) is 2.90. The minimum absolute atomic E-state index is 0.0649. The number of aryl methyl sites for hydroxylation is 1. The van der Waals surface area contributed by atoms with Crippen molar-refractivity contribution >= 4 is 29.5 Å². The standard InChI is InChI=1S/C29H35FN2O4S/c1-3-21-36-27(34)26(23-12-8-6-9-13-23)37-29(2,32-20-18-25(32)33)28(35)31-19-10-5-4-7-11-22-14-16-24(30)17-15-22/h3,6,8-9,12-17,26H,1,4-5,7,10-11,18-21H2,2H3,(H,31,35). The number of amides is 2. The maximum absolute atomic E-state index is 13.4. The fourth-order valence-electron chi connectivity index (χ4n) is 4.16. The highest BCUT2D eigenvalue weighted by atomic mass is 32.2. The molecule has 2 aromatic carbocycles. The number of rotatable bonds is 15. The van der Waals surface area contributed by atoms with Gasteiger partial charge in [0.1, 0.15) is 17.7 Å². The molecule has 1 saturated heterocycles. The SMILES string of the molecule is C=CCOC(=O)C(SC(C)(C(=O)NCCCCCCc1ccc(F)cc1)N1CCC1=O)c1ccccc1. The van der Waals surface area contributed by atoms with Crippen molar-refractivity contribution in [2.75, 3.05) is 19.7 Å². The summed E-state index contributed by atoms with van der Waals surface area (Å²) >= 11 is 1.13. The zero-order valence-electron chi connectivity index (χ0n) is 21.3. The van der Waals surface area contributed by atoms with Crippen LogP contribution in [0.15, 0.2) is 67.3 Å². The quantitative estimate of drug-likeness (QED) is 0.150. The van der Waals surface area contributed by atoms with E-state index in [9.17, 15) is 18.8 Å². The van der Waals surface area contributed by atoms with Crippen LogP contribution < -0.4 is 5.32 Å². The lowest BCUT2D eigenvalue weighted by Crippen LogP contribution is -2.62. The van der Waals surface area contributed by atoms with Gasteiger partial charge in [-0.15, -0.1) is 11.8 Å². The molecule has 1 aliphatic rings. The number of hydrogen-bond acceptors (Lipinski definition) is 5. The number of nitrogens with zero attached hydrogens (tertiary/aromatic N) is 1. The van der Waals surface area contributed by atoms with Gasteiger partial charge in [0, 0.05) is 19.5 Å². The van der Waals surface area contributed by atoms with E-state index in [2.05, 4.69) is 11.9 Å². The van der Waals surface area contributed by atoms with E-state index in [1.54, 1.807) is 19.1 Å². The number of halogens is 1. The number of carbonyl (C=O) groups excluding carboxylic acids is 3. The van der Waals surface area contributed by atoms with E-state index in [1.165, 1.54) is 23.1 Å². The first-order chi connectivity index (χ1) is 17.8. The predicted molar refractivity (Wildman–Crippen MR) is 144 cm³/mol. The van der Waals surface area contributed by atoms with Crippen molar-refractivity contribution in [3.8, 4) is 0 Å². The second kappa shape index (κ2) is 14.0. The maximum atomic E-state index is 13.4. The molecule has 0 aromatic heterocycles. The maximum Gasteiger partial charge on any atom is 0.324 e. The molecule has 2 aromatic rings. The monoisotopic (exact) mass is 526 g/mol. The van der Waals surface area contributed by atoms with Gasteiger partial charge < -0.3 is 15.0 Å². The molecule has 0 bridgehead atoms. The summed E-state index contributed by atoms with van der Waals surface area (Å²) in [6, 6.07) is 15.7. The van der Waals surface area contributed by atoms with Crippen LogP contribution in [-0.4, -0.2) is 47.3 Å². The van der Waals surface area contributed by atoms with Crippen molar-refractivity contribution in [2.45, 2.75) is 55.6 Å². The Balaban J connectivity index is 1.57. The molecule has 1 heterocycles. The van der Waals surface area contributed by atoms with Gasteiger partial charge in [-0.2, -0.15) is 0 Å². The number of unbranched alkanes of at least 4 members (excludes halogenated alkanes) is 3. The van der Waals surface area contributed by atoms with E-state index >= 15 is 0 Å². The van der Waals surface area contributed by atoms with Gasteiger partial charge in [-0.3, -0.25) is 14.4 Å². The van der Waals surface area contributed by atoms with Gasteiger partial charge in [-0.1, -0.05) is 68.0 Å². The Labute approximate surface area is 222 Å². The number of thioether (sulfide) groups is 1. The van der Waals surface area contributed by atoms with Gasteiger partial charge in [0.15, 0.2) is 4.87 Å². The van der Waals surface area contributed by atoms with Crippen LogP contribution in [0, 0.1) is 5.82 Å². The molecular weight excluding hydrogens is 491 g/mol. The summed E-state index contributed by atoms with van der Waals surface area (Å²) in [4.78, 5) is 39.1. The van der Waals surface area contributed by atoms with Crippen LogP contribution in [0.4, 0.5) is 4.39 Å². The van der Waals surface area contributed by atoms with Crippen LogP contribution in [0.1, 0.15) is 55.4 Å². The molecule has 2 unspecified atom stereocenters. The molecule has 1 aliphatic heterocycles. The summed E-state index contributed by atoms with van der Waals surface area (Å²) in [6.45, 7) is 6.29. The van der Waals surface area contributed by atoms with Crippen molar-refractivity contribution in [3.63, 3.8) is 0 Å². The highest BCUT2D eigenvalue weighted by molar-refractivity contribution is 8.02. The summed E-state index contributed by atoms with van der Waals surface area (Å²) in [5.41, 5.74) is 1.82. The molecule has 2 atom stereocenters. The lowest BCUT2D eigenvalue weighted by atomic mass is 10.1. The average molecular weight is 527 g/mol. The molecule has 0 radical (unpaired) electrons. The van der Waals surface area contributed by atoms with Gasteiger partial charge in [0.05, 0.1) is 0 Å². The third-order valence-electron chi connectivity index (χ3n) is 6.38. The zero-order valence-corrected chi connectivity index (χ0v) is 22.1. The molecule has 2 amide bonds. The topological polar surface area (TPSA) is 75.7 Å². The van der Waals surface area contributed by atoms with E-state index in [0.29, 0.717) is 25.1 Å². The first-order valence-corrected chi connectivity index (χ1v) is 13.6. The summed E-state index contributed by atoms with van der Waals surface area (Å²) in [5.74, 6) is -1.12. The van der Waals surface area contributed by atoms with Crippen LogP contribution in [0.2, 0.25) is 0 Å². The normalized spacial score (nSPS) is 15.3. The largest absolute Gasteiger partial charge is 0.460 e. The number of nitrogens with one attached hydrogen (secondary N) is 1. The van der Waals surface area contributed by atoms with Gasteiger partial charge in [-0.25, -0.2) is 4.39 Å². The molecular formula is C29H35FN2O4S. The highest BCUT2D eigenvalue weighted by Crippen LogP contribution is 2.44. The van der Waals surface area contributed by atoms with Crippen molar-refractivity contribution < 1.29 is 23.5 Å². The fourth-order valence-corrected chi connectivity index (χ4v) is 5.57. The first-order valence-electron chi connectivity index (χ1n) is 12.7. The van der Waals surface area contributed by atoms with Crippen molar-refractivity contribution in [1.29, 1.82) is 0 Å². The van der Waals surface area contributed by atoms with Crippen LogP contribution in [0.3, 0.4) is 0 Å². The van der Waals surface area contributed by atoms with E-state index in [4.69, 9.17) is 4.74 Å². The lowest BCUT2D eigenvalue weighted by molar-refractivity contribution is -0.150. The van der Waals surface area contributed by atoms with Gasteiger partial charge in [-0.05, 0) is 49.4 Å². The minimum atomic E-state index is -1.26. The van der Waals surface area contributed by atoms with Crippen molar-refractivity contribution in [2.24, 2.45) is 0 Å². The fraction of sp³-hybridized carbons (Fsp3) is 0.414. The van der Waals surface area contributed by atoms with E-state index in [1.807, 2.05) is 30.3 Å². The predicted octanol–water partition coefficient (Wildman–Crippen LogP) is 5.20. The Bertz CT molecular complexity index is 1060. The Hall–Kier alpha value is -3.13. The van der Waals surface area contributed by atoms with Crippen molar-refractivity contribution in [3.05, 3.63) is 84.2 Å². The Morgan fingerprint density at radius 3 is 2.46 bits per heavy atom. The Morgan fingerprint density at radius 2 is 1.84 bits per heavy atom. The number of esters is 1. The molecule has 0 saturated carbocycles. The third kappa shape index (κ3) is 7.92. The second-order valence-electron chi connectivity index (χ2n) is 9.15. The molecule has 6 nitrogen and oxygen atoms in total. The van der Waals surface area contributed by atoms with Crippen LogP contribution >= 0.6 is 11.8 Å². The van der Waals surface area contributed by atoms with Gasteiger partial charge in [0.2, 0.25) is 5.91 Å². The Morgan fingerprint density at radius 1 is 1.14 bits per heavy atom. The molecule has 37 heavy (non-hydrogen) atoms. The van der Waals surface area contributed by atoms with E-state index < -0.39 is 16.1 Å². The molecule has 198 valence electrons.